The van der Waals surface area contributed by atoms with E-state index in [1.165, 1.54) is 0 Å². The zero-order chi connectivity index (χ0) is 16.6. The molecule has 5 heteroatoms. The van der Waals surface area contributed by atoms with Crippen molar-refractivity contribution in [2.24, 2.45) is 5.92 Å². The van der Waals surface area contributed by atoms with Crippen molar-refractivity contribution >= 4 is 17.5 Å². The lowest BCUT2D eigenvalue weighted by Crippen LogP contribution is -2.39. The Labute approximate surface area is 140 Å². The number of nitrogens with one attached hydrogen (secondary N) is 1. The van der Waals surface area contributed by atoms with Crippen LogP contribution in [0.3, 0.4) is 0 Å². The van der Waals surface area contributed by atoms with Crippen LogP contribution in [-0.2, 0) is 10.4 Å². The Morgan fingerprint density at radius 1 is 1.35 bits per heavy atom. The molecule has 1 aliphatic rings. The first kappa shape index (κ1) is 16.1. The molecule has 1 saturated carbocycles. The highest BCUT2D eigenvalue weighted by Crippen LogP contribution is 2.47. The van der Waals surface area contributed by atoms with E-state index in [1.807, 2.05) is 31.2 Å². The normalized spacial score (nSPS) is 22.4. The monoisotopic (exact) mass is 333 g/mol. The molecule has 2 N–H and O–H groups in total. The molecule has 1 fully saturated rings. The molecular formula is C18H20ClNO3. The number of carbonyl (C=O) groups is 1. The van der Waals surface area contributed by atoms with E-state index in [2.05, 4.69) is 5.32 Å². The molecule has 0 aliphatic heterocycles. The molecule has 0 spiro atoms. The highest BCUT2D eigenvalue weighted by atomic mass is 35.5. The van der Waals surface area contributed by atoms with E-state index in [-0.39, 0.29) is 24.3 Å². The van der Waals surface area contributed by atoms with Crippen molar-refractivity contribution in [1.82, 2.24) is 5.32 Å². The third-order valence-electron chi connectivity index (χ3n) is 4.30. The third kappa shape index (κ3) is 3.59. The molecule has 0 radical (unpaired) electrons. The summed E-state index contributed by atoms with van der Waals surface area (Å²) in [5, 5.41) is 14.0. The quantitative estimate of drug-likeness (QED) is 0.881. The second-order valence-corrected chi connectivity index (χ2v) is 6.84. The van der Waals surface area contributed by atoms with Gasteiger partial charge in [-0.2, -0.15) is 0 Å². The number of hydrogen-bond acceptors (Lipinski definition) is 3. The zero-order valence-electron chi connectivity index (χ0n) is 13.2. The highest BCUT2D eigenvalue weighted by molar-refractivity contribution is 6.30. The van der Waals surface area contributed by atoms with Gasteiger partial charge in [0.1, 0.15) is 17.1 Å². The summed E-state index contributed by atoms with van der Waals surface area (Å²) in [6.07, 6.45) is 0.829. The number of halogens is 1. The molecule has 0 saturated heterocycles. The Bertz CT molecular complexity index is 705. The minimum Gasteiger partial charge on any atom is -0.463 e. The minimum atomic E-state index is -1.21. The second-order valence-electron chi connectivity index (χ2n) is 6.40. The minimum absolute atomic E-state index is 0.0338. The van der Waals surface area contributed by atoms with Crippen LogP contribution in [-0.4, -0.2) is 17.6 Å². The van der Waals surface area contributed by atoms with Gasteiger partial charge >= 0.3 is 0 Å². The van der Waals surface area contributed by atoms with Crippen molar-refractivity contribution in [3.63, 3.8) is 0 Å². The number of furan rings is 1. The molecule has 3 atom stereocenters. The number of aryl methyl sites for hydroxylation is 1. The maximum Gasteiger partial charge on any atom is 0.223 e. The molecule has 1 aromatic carbocycles. The molecule has 1 heterocycles. The molecular weight excluding hydrogens is 314 g/mol. The molecule has 3 rings (SSSR count). The fraction of sp³-hybridized carbons (Fsp3) is 0.389. The van der Waals surface area contributed by atoms with Gasteiger partial charge in [-0.05, 0) is 56.0 Å². The Balaban J connectivity index is 1.55. The van der Waals surface area contributed by atoms with Crippen molar-refractivity contribution in [3.8, 4) is 0 Å². The Morgan fingerprint density at radius 3 is 2.65 bits per heavy atom. The van der Waals surface area contributed by atoms with Gasteiger partial charge in [-0.25, -0.2) is 0 Å². The Morgan fingerprint density at radius 2 is 2.04 bits per heavy atom. The largest absolute Gasteiger partial charge is 0.463 e. The standard InChI is InChI=1S/C18H20ClNO3/c1-11-3-8-16(23-11)18(2,22)10-20-17(21)15-9-14(15)12-4-6-13(19)7-5-12/h3-8,14-15,22H,9-10H2,1-2H3,(H,20,21). The number of carbonyl (C=O) groups excluding carboxylic acids is 1. The number of hydrogen-bond donors (Lipinski definition) is 2. The second kappa shape index (κ2) is 6.02. The maximum atomic E-state index is 12.3. The van der Waals surface area contributed by atoms with Gasteiger partial charge in [0.2, 0.25) is 5.91 Å². The number of amides is 1. The molecule has 0 bridgehead atoms. The van der Waals surface area contributed by atoms with E-state index in [0.717, 1.165) is 17.7 Å². The Hall–Kier alpha value is -1.78. The van der Waals surface area contributed by atoms with Crippen LogP contribution in [0.25, 0.3) is 0 Å². The van der Waals surface area contributed by atoms with Crippen LogP contribution in [0.5, 0.6) is 0 Å². The van der Waals surface area contributed by atoms with Gasteiger partial charge in [-0.3, -0.25) is 4.79 Å². The van der Waals surface area contributed by atoms with Crippen LogP contribution in [0.4, 0.5) is 0 Å². The predicted molar refractivity (Wildman–Crippen MR) is 88.3 cm³/mol. The van der Waals surface area contributed by atoms with Crippen molar-refractivity contribution in [3.05, 3.63) is 58.5 Å². The van der Waals surface area contributed by atoms with Crippen LogP contribution in [0.2, 0.25) is 5.02 Å². The predicted octanol–water partition coefficient (Wildman–Crippen LogP) is 3.37. The average Bonchev–Trinajstić information content (AvgIpc) is 3.19. The van der Waals surface area contributed by atoms with E-state index < -0.39 is 5.60 Å². The SMILES string of the molecule is Cc1ccc(C(C)(O)CNC(=O)C2CC2c2ccc(Cl)cc2)o1. The van der Waals surface area contributed by atoms with Crippen LogP contribution in [0, 0.1) is 12.8 Å². The van der Waals surface area contributed by atoms with Crippen LogP contribution in [0.1, 0.15) is 36.3 Å². The molecule has 1 amide bonds. The van der Waals surface area contributed by atoms with Crippen molar-refractivity contribution < 1.29 is 14.3 Å². The molecule has 1 aromatic heterocycles. The van der Waals surface area contributed by atoms with Crippen molar-refractivity contribution in [2.75, 3.05) is 6.54 Å². The average molecular weight is 334 g/mol. The Kier molecular flexibility index (Phi) is 4.21. The number of aliphatic hydroxyl groups is 1. The maximum absolute atomic E-state index is 12.3. The molecule has 2 aromatic rings. The van der Waals surface area contributed by atoms with Gasteiger partial charge in [-0.1, -0.05) is 23.7 Å². The van der Waals surface area contributed by atoms with Gasteiger partial charge in [0.15, 0.2) is 0 Å². The van der Waals surface area contributed by atoms with Gasteiger partial charge in [0, 0.05) is 10.9 Å². The third-order valence-corrected chi connectivity index (χ3v) is 4.56. The number of rotatable bonds is 5. The van der Waals surface area contributed by atoms with Crippen molar-refractivity contribution in [2.45, 2.75) is 31.8 Å². The van der Waals surface area contributed by atoms with Crippen LogP contribution in [0.15, 0.2) is 40.8 Å². The first-order valence-electron chi connectivity index (χ1n) is 7.69. The lowest BCUT2D eigenvalue weighted by Gasteiger charge is -2.21. The van der Waals surface area contributed by atoms with Crippen LogP contribution < -0.4 is 5.32 Å². The summed E-state index contributed by atoms with van der Waals surface area (Å²) in [6, 6.07) is 11.1. The fourth-order valence-corrected chi connectivity index (χ4v) is 2.89. The van der Waals surface area contributed by atoms with E-state index in [1.54, 1.807) is 19.1 Å². The van der Waals surface area contributed by atoms with E-state index in [9.17, 15) is 9.90 Å². The molecule has 3 unspecified atom stereocenters. The topological polar surface area (TPSA) is 62.5 Å². The van der Waals surface area contributed by atoms with E-state index in [0.29, 0.717) is 10.8 Å². The summed E-state index contributed by atoms with van der Waals surface area (Å²) in [7, 11) is 0. The highest BCUT2D eigenvalue weighted by Gasteiger charge is 2.44. The van der Waals surface area contributed by atoms with Gasteiger partial charge in [0.05, 0.1) is 6.54 Å². The fourth-order valence-electron chi connectivity index (χ4n) is 2.76. The smallest absolute Gasteiger partial charge is 0.223 e. The van der Waals surface area contributed by atoms with Gasteiger partial charge in [0.25, 0.3) is 0 Å². The summed E-state index contributed by atoms with van der Waals surface area (Å²) in [6.45, 7) is 3.58. The summed E-state index contributed by atoms with van der Waals surface area (Å²) >= 11 is 5.88. The van der Waals surface area contributed by atoms with Crippen molar-refractivity contribution in [1.29, 1.82) is 0 Å². The summed E-state index contributed by atoms with van der Waals surface area (Å²) in [5.74, 6) is 1.36. The molecule has 122 valence electrons. The first-order valence-corrected chi connectivity index (χ1v) is 8.07. The molecule has 4 nitrogen and oxygen atoms in total. The summed E-state index contributed by atoms with van der Waals surface area (Å²) in [5.41, 5.74) is -0.0860. The molecule has 1 aliphatic carbocycles. The summed E-state index contributed by atoms with van der Waals surface area (Å²) < 4.78 is 5.44. The molecule has 23 heavy (non-hydrogen) atoms. The lowest BCUT2D eigenvalue weighted by molar-refractivity contribution is -0.123. The first-order chi connectivity index (χ1) is 10.9. The van der Waals surface area contributed by atoms with E-state index in [4.69, 9.17) is 16.0 Å². The van der Waals surface area contributed by atoms with E-state index >= 15 is 0 Å². The lowest BCUT2D eigenvalue weighted by atomic mass is 10.0. The number of benzene rings is 1. The summed E-state index contributed by atoms with van der Waals surface area (Å²) in [4.78, 5) is 12.3. The van der Waals surface area contributed by atoms with Gasteiger partial charge < -0.3 is 14.8 Å². The van der Waals surface area contributed by atoms with Gasteiger partial charge in [-0.15, -0.1) is 0 Å². The van der Waals surface area contributed by atoms with Crippen LogP contribution >= 0.6 is 11.6 Å². The zero-order valence-corrected chi connectivity index (χ0v) is 13.9.